The Morgan fingerprint density at radius 1 is 1.27 bits per heavy atom. The molecule has 0 saturated heterocycles. The highest BCUT2D eigenvalue weighted by Crippen LogP contribution is 2.34. The molecule has 6 nitrogen and oxygen atoms in total. The molecule has 22 heavy (non-hydrogen) atoms. The number of ether oxygens (including phenoxy) is 2. The van der Waals surface area contributed by atoms with Crippen molar-refractivity contribution in [3.05, 3.63) is 27.7 Å². The molecule has 0 bridgehead atoms. The summed E-state index contributed by atoms with van der Waals surface area (Å²) in [6.07, 6.45) is 0.201. The minimum absolute atomic E-state index is 0.163. The topological polar surface area (TPSA) is 73.3 Å². The van der Waals surface area contributed by atoms with Gasteiger partial charge in [-0.05, 0) is 31.5 Å². The van der Waals surface area contributed by atoms with Crippen LogP contribution in [0.15, 0.2) is 22.1 Å². The lowest BCUT2D eigenvalue weighted by atomic mass is 10.1. The third-order valence-electron chi connectivity index (χ3n) is 2.67. The van der Waals surface area contributed by atoms with Gasteiger partial charge in [-0.3, -0.25) is 4.79 Å². The summed E-state index contributed by atoms with van der Waals surface area (Å²) in [7, 11) is 0. The summed E-state index contributed by atoms with van der Waals surface area (Å²) < 4.78 is 11.9. The molecule has 8 heteroatoms. The van der Waals surface area contributed by atoms with Gasteiger partial charge in [0.2, 0.25) is 11.0 Å². The Balaban J connectivity index is 2.15. The maximum absolute atomic E-state index is 12.0. The number of aromatic nitrogens is 2. The lowest BCUT2D eigenvalue weighted by Crippen LogP contribution is -2.14. The number of benzene rings is 1. The van der Waals surface area contributed by atoms with Gasteiger partial charge in [0.15, 0.2) is 11.5 Å². The van der Waals surface area contributed by atoms with Crippen LogP contribution in [0.25, 0.3) is 0 Å². The molecule has 0 aliphatic carbocycles. The van der Waals surface area contributed by atoms with Gasteiger partial charge in [0.05, 0.1) is 19.6 Å². The van der Waals surface area contributed by atoms with Crippen molar-refractivity contribution in [3.63, 3.8) is 0 Å². The molecule has 1 N–H and O–H groups in total. The van der Waals surface area contributed by atoms with Crippen LogP contribution < -0.4 is 14.8 Å². The van der Waals surface area contributed by atoms with Gasteiger partial charge in [-0.25, -0.2) is 0 Å². The molecule has 0 fully saturated rings. The molecule has 1 aromatic heterocycles. The van der Waals surface area contributed by atoms with Crippen molar-refractivity contribution in [1.29, 1.82) is 0 Å². The zero-order valence-electron chi connectivity index (χ0n) is 12.3. The van der Waals surface area contributed by atoms with Crippen LogP contribution in [-0.4, -0.2) is 29.3 Å². The molecular formula is C14H16BrN3O3S. The van der Waals surface area contributed by atoms with E-state index in [4.69, 9.17) is 9.47 Å². The van der Waals surface area contributed by atoms with Crippen LogP contribution in [0.2, 0.25) is 0 Å². The molecule has 0 unspecified atom stereocenters. The average Bonchev–Trinajstić information content (AvgIpc) is 2.97. The quantitative estimate of drug-likeness (QED) is 0.791. The van der Waals surface area contributed by atoms with E-state index in [2.05, 4.69) is 31.4 Å². The smallest absolute Gasteiger partial charge is 0.230 e. The summed E-state index contributed by atoms with van der Waals surface area (Å²) in [6, 6.07) is 3.64. The second kappa shape index (κ2) is 8.09. The zero-order chi connectivity index (χ0) is 15.9. The largest absolute Gasteiger partial charge is 0.490 e. The first-order valence-corrected chi connectivity index (χ1v) is 8.45. The number of nitrogens with zero attached hydrogens (tertiary/aromatic N) is 2. The summed E-state index contributed by atoms with van der Waals surface area (Å²) >= 11 is 4.74. The van der Waals surface area contributed by atoms with Crippen molar-refractivity contribution in [3.8, 4) is 11.5 Å². The molecular weight excluding hydrogens is 370 g/mol. The van der Waals surface area contributed by atoms with Crippen molar-refractivity contribution in [2.45, 2.75) is 20.3 Å². The van der Waals surface area contributed by atoms with Crippen LogP contribution in [-0.2, 0) is 11.2 Å². The number of amides is 1. The molecule has 118 valence electrons. The first kappa shape index (κ1) is 16.7. The molecule has 0 spiro atoms. The summed E-state index contributed by atoms with van der Waals surface area (Å²) in [6.45, 7) is 4.88. The van der Waals surface area contributed by atoms with Crippen molar-refractivity contribution in [1.82, 2.24) is 10.2 Å². The van der Waals surface area contributed by atoms with E-state index in [1.807, 2.05) is 26.0 Å². The molecule has 0 saturated carbocycles. The van der Waals surface area contributed by atoms with E-state index in [1.165, 1.54) is 11.3 Å². The Bertz CT molecular complexity index is 635. The van der Waals surface area contributed by atoms with E-state index >= 15 is 0 Å². The first-order valence-electron chi connectivity index (χ1n) is 6.78. The van der Waals surface area contributed by atoms with E-state index in [9.17, 15) is 4.79 Å². The fraction of sp³-hybridized carbons (Fsp3) is 0.357. The van der Waals surface area contributed by atoms with Crippen molar-refractivity contribution in [2.75, 3.05) is 18.5 Å². The van der Waals surface area contributed by atoms with Gasteiger partial charge in [-0.2, -0.15) is 0 Å². The minimum atomic E-state index is -0.163. The number of anilines is 1. The van der Waals surface area contributed by atoms with Gasteiger partial charge in [0.25, 0.3) is 0 Å². The van der Waals surface area contributed by atoms with Crippen LogP contribution in [0.4, 0.5) is 5.13 Å². The Labute approximate surface area is 141 Å². The highest BCUT2D eigenvalue weighted by molar-refractivity contribution is 9.10. The molecule has 1 heterocycles. The van der Waals surface area contributed by atoms with Crippen molar-refractivity contribution in [2.24, 2.45) is 0 Å². The Morgan fingerprint density at radius 2 is 1.95 bits per heavy atom. The lowest BCUT2D eigenvalue weighted by Gasteiger charge is -2.14. The normalized spacial score (nSPS) is 10.3. The number of carbonyl (C=O) groups is 1. The number of rotatable bonds is 7. The van der Waals surface area contributed by atoms with Crippen molar-refractivity contribution >= 4 is 38.3 Å². The molecule has 1 amide bonds. The Kier molecular flexibility index (Phi) is 6.14. The van der Waals surface area contributed by atoms with Crippen LogP contribution in [0.3, 0.4) is 0 Å². The van der Waals surface area contributed by atoms with E-state index in [-0.39, 0.29) is 12.3 Å². The van der Waals surface area contributed by atoms with Gasteiger partial charge in [-0.15, -0.1) is 10.2 Å². The number of halogens is 1. The number of nitrogens with one attached hydrogen (secondary N) is 1. The number of hydrogen-bond acceptors (Lipinski definition) is 6. The second-order valence-corrected chi connectivity index (χ2v) is 5.91. The zero-order valence-corrected chi connectivity index (χ0v) is 14.7. The number of carbonyl (C=O) groups excluding carboxylic acids is 1. The predicted octanol–water partition coefficient (Wildman–Crippen LogP) is 3.28. The summed E-state index contributed by atoms with van der Waals surface area (Å²) in [5, 5.41) is 10.6. The molecule has 0 aliphatic heterocycles. The fourth-order valence-corrected chi connectivity index (χ4v) is 2.74. The standard InChI is InChI=1S/C14H16BrN3O3S/c1-3-20-11-5-9(10(15)7-12(11)21-4-2)6-13(19)17-14-18-16-8-22-14/h5,7-8H,3-4,6H2,1-2H3,(H,17,18,19). The van der Waals surface area contributed by atoms with Gasteiger partial charge in [0, 0.05) is 4.47 Å². The molecule has 2 rings (SSSR count). The molecule has 1 aromatic carbocycles. The molecule has 2 aromatic rings. The van der Waals surface area contributed by atoms with Crippen LogP contribution >= 0.6 is 27.3 Å². The predicted molar refractivity (Wildman–Crippen MR) is 88.7 cm³/mol. The third-order valence-corrected chi connectivity index (χ3v) is 4.01. The fourth-order valence-electron chi connectivity index (χ4n) is 1.81. The number of hydrogen-bond donors (Lipinski definition) is 1. The van der Waals surface area contributed by atoms with Gasteiger partial charge in [-0.1, -0.05) is 27.3 Å². The van der Waals surface area contributed by atoms with E-state index in [0.29, 0.717) is 29.8 Å². The van der Waals surface area contributed by atoms with E-state index < -0.39 is 0 Å². The molecule has 0 radical (unpaired) electrons. The van der Waals surface area contributed by atoms with Gasteiger partial charge in [0.1, 0.15) is 5.51 Å². The van der Waals surface area contributed by atoms with Crippen LogP contribution in [0.5, 0.6) is 11.5 Å². The Morgan fingerprint density at radius 3 is 2.55 bits per heavy atom. The van der Waals surface area contributed by atoms with Gasteiger partial charge >= 0.3 is 0 Å². The summed E-state index contributed by atoms with van der Waals surface area (Å²) in [5.41, 5.74) is 2.38. The maximum atomic E-state index is 12.0. The van der Waals surface area contributed by atoms with Crippen molar-refractivity contribution < 1.29 is 14.3 Å². The summed E-state index contributed by atoms with van der Waals surface area (Å²) in [4.78, 5) is 12.0. The van der Waals surface area contributed by atoms with E-state index in [0.717, 1.165) is 10.0 Å². The molecule has 0 atom stereocenters. The molecule has 0 aliphatic rings. The highest BCUT2D eigenvalue weighted by Gasteiger charge is 2.14. The lowest BCUT2D eigenvalue weighted by molar-refractivity contribution is -0.115. The third kappa shape index (κ3) is 4.41. The van der Waals surface area contributed by atoms with Crippen LogP contribution in [0, 0.1) is 0 Å². The second-order valence-electron chi connectivity index (χ2n) is 4.23. The summed E-state index contributed by atoms with van der Waals surface area (Å²) in [5.74, 6) is 1.12. The first-order chi connectivity index (χ1) is 10.6. The van der Waals surface area contributed by atoms with Crippen LogP contribution in [0.1, 0.15) is 19.4 Å². The average molecular weight is 386 g/mol. The van der Waals surface area contributed by atoms with E-state index in [1.54, 1.807) is 5.51 Å². The highest BCUT2D eigenvalue weighted by atomic mass is 79.9. The van der Waals surface area contributed by atoms with Gasteiger partial charge < -0.3 is 14.8 Å². The SMILES string of the molecule is CCOc1cc(Br)c(CC(=O)Nc2nncs2)cc1OCC. The Hall–Kier alpha value is -1.67. The maximum Gasteiger partial charge on any atom is 0.230 e. The monoisotopic (exact) mass is 385 g/mol. The minimum Gasteiger partial charge on any atom is -0.490 e.